The van der Waals surface area contributed by atoms with E-state index in [1.54, 1.807) is 0 Å². The first kappa shape index (κ1) is 19.5. The molecule has 0 bridgehead atoms. The van der Waals surface area contributed by atoms with E-state index in [1.165, 1.54) is 35.4 Å². The second kappa shape index (κ2) is 8.18. The lowest BCUT2D eigenvalue weighted by Gasteiger charge is -2.30. The Kier molecular flexibility index (Phi) is 5.91. The number of carbonyl (C=O) groups excluding carboxylic acids is 1. The Morgan fingerprint density at radius 1 is 1.19 bits per heavy atom. The van der Waals surface area contributed by atoms with Crippen LogP contribution in [0.3, 0.4) is 0 Å². The van der Waals surface area contributed by atoms with Crippen molar-refractivity contribution in [1.82, 2.24) is 10.2 Å². The van der Waals surface area contributed by atoms with Crippen LogP contribution in [0.2, 0.25) is 0 Å². The van der Waals surface area contributed by atoms with Gasteiger partial charge in [0.15, 0.2) is 0 Å². The predicted molar refractivity (Wildman–Crippen MR) is 102 cm³/mol. The first-order valence-electron chi connectivity index (χ1n) is 8.71. The van der Waals surface area contributed by atoms with E-state index in [0.29, 0.717) is 6.54 Å². The van der Waals surface area contributed by atoms with E-state index in [2.05, 4.69) is 22.3 Å². The molecule has 3 rings (SSSR count). The number of benzene rings is 2. The number of nitrogens with two attached hydrogens (primary N) is 1. The van der Waals surface area contributed by atoms with Crippen LogP contribution < -0.4 is 10.5 Å². The van der Waals surface area contributed by atoms with Crippen LogP contribution in [0.1, 0.15) is 21.5 Å². The zero-order valence-corrected chi connectivity index (χ0v) is 15.7. The number of nitrogens with one attached hydrogen (secondary N) is 1. The van der Waals surface area contributed by atoms with Gasteiger partial charge in [-0.15, -0.1) is 0 Å². The number of hydrogen-bond acceptors (Lipinski definition) is 5. The van der Waals surface area contributed by atoms with Crippen molar-refractivity contribution in [2.45, 2.75) is 24.0 Å². The first-order chi connectivity index (χ1) is 12.8. The van der Waals surface area contributed by atoms with Crippen LogP contribution in [0.4, 0.5) is 0 Å². The number of amides is 1. The van der Waals surface area contributed by atoms with Gasteiger partial charge in [-0.1, -0.05) is 30.3 Å². The molecule has 1 aliphatic rings. The smallest absolute Gasteiger partial charge is 0.251 e. The molecule has 0 aliphatic carbocycles. The topological polar surface area (TPSA) is 113 Å². The third-order valence-electron chi connectivity index (χ3n) is 4.60. The molecule has 0 unspecified atom stereocenters. The molecule has 2 aromatic rings. The van der Waals surface area contributed by atoms with Crippen molar-refractivity contribution >= 4 is 15.9 Å². The highest BCUT2D eigenvalue weighted by molar-refractivity contribution is 7.89. The fraction of sp³-hybridized carbons (Fsp3) is 0.316. The highest BCUT2D eigenvalue weighted by Gasteiger charge is 2.19. The number of primary sulfonamides is 1. The van der Waals surface area contributed by atoms with E-state index < -0.39 is 22.0 Å². The van der Waals surface area contributed by atoms with Crippen LogP contribution in [-0.4, -0.2) is 50.1 Å². The number of carbonyl (C=O) groups is 1. The minimum Gasteiger partial charge on any atom is -0.390 e. The highest BCUT2D eigenvalue weighted by Crippen LogP contribution is 2.18. The van der Waals surface area contributed by atoms with Gasteiger partial charge in [-0.3, -0.25) is 9.69 Å². The summed E-state index contributed by atoms with van der Waals surface area (Å²) in [5.74, 6) is -0.455. The van der Waals surface area contributed by atoms with Gasteiger partial charge in [0.25, 0.3) is 5.91 Å². The average Bonchev–Trinajstić information content (AvgIpc) is 2.65. The summed E-state index contributed by atoms with van der Waals surface area (Å²) in [5, 5.41) is 18.0. The molecule has 1 heterocycles. The maximum Gasteiger partial charge on any atom is 0.251 e. The fourth-order valence-corrected chi connectivity index (χ4v) is 3.76. The zero-order valence-electron chi connectivity index (χ0n) is 14.8. The monoisotopic (exact) mass is 389 g/mol. The molecule has 0 aromatic heterocycles. The van der Waals surface area contributed by atoms with Crippen LogP contribution in [-0.2, 0) is 23.0 Å². The largest absolute Gasteiger partial charge is 0.390 e. The van der Waals surface area contributed by atoms with E-state index >= 15 is 0 Å². The molecule has 7 nitrogen and oxygen atoms in total. The standard InChI is InChI=1S/C19H23N3O4S/c20-27(25,26)18-7-3-6-15(10-18)19(24)21-11-17(23)13-22-9-8-14-4-1-2-5-16(14)12-22/h1-7,10,17,23H,8-9,11-13H2,(H,21,24)(H2,20,25,26)/t17-/m0/s1. The lowest BCUT2D eigenvalue weighted by molar-refractivity contribution is 0.0841. The third-order valence-corrected chi connectivity index (χ3v) is 5.51. The van der Waals surface area contributed by atoms with Crippen LogP contribution in [0.5, 0.6) is 0 Å². The highest BCUT2D eigenvalue weighted by atomic mass is 32.2. The lowest BCUT2D eigenvalue weighted by Crippen LogP contribution is -2.42. The number of nitrogens with zero attached hydrogens (tertiary/aromatic N) is 1. The maximum absolute atomic E-state index is 12.2. The van der Waals surface area contributed by atoms with E-state index in [-0.39, 0.29) is 17.0 Å². The van der Waals surface area contributed by atoms with Crippen molar-refractivity contribution in [3.63, 3.8) is 0 Å². The summed E-state index contributed by atoms with van der Waals surface area (Å²) in [7, 11) is -3.87. The summed E-state index contributed by atoms with van der Waals surface area (Å²) >= 11 is 0. The van der Waals surface area contributed by atoms with Crippen molar-refractivity contribution in [2.24, 2.45) is 5.14 Å². The Morgan fingerprint density at radius 2 is 1.93 bits per heavy atom. The number of aliphatic hydroxyl groups excluding tert-OH is 1. The van der Waals surface area contributed by atoms with Crippen molar-refractivity contribution in [2.75, 3.05) is 19.6 Å². The predicted octanol–water partition coefficient (Wildman–Crippen LogP) is 0.483. The molecule has 1 aliphatic heterocycles. The second-order valence-electron chi connectivity index (χ2n) is 6.69. The summed E-state index contributed by atoms with van der Waals surface area (Å²) in [4.78, 5) is 14.2. The Hall–Kier alpha value is -2.26. The number of β-amino-alcohol motifs (C(OH)–C–C–N with tert-alkyl or cyclic N) is 1. The van der Waals surface area contributed by atoms with Gasteiger partial charge in [0.05, 0.1) is 11.0 Å². The van der Waals surface area contributed by atoms with Crippen LogP contribution in [0.15, 0.2) is 53.4 Å². The van der Waals surface area contributed by atoms with Crippen molar-refractivity contribution in [1.29, 1.82) is 0 Å². The van der Waals surface area contributed by atoms with Crippen LogP contribution >= 0.6 is 0 Å². The van der Waals surface area contributed by atoms with Crippen molar-refractivity contribution in [3.05, 3.63) is 65.2 Å². The van der Waals surface area contributed by atoms with Crippen molar-refractivity contribution < 1.29 is 18.3 Å². The Balaban J connectivity index is 1.52. The molecule has 1 atom stereocenters. The number of hydrogen-bond donors (Lipinski definition) is 3. The summed E-state index contributed by atoms with van der Waals surface area (Å²) < 4.78 is 22.8. The molecule has 0 fully saturated rings. The summed E-state index contributed by atoms with van der Waals surface area (Å²) in [5.41, 5.74) is 2.78. The van der Waals surface area contributed by atoms with E-state index in [1.807, 2.05) is 12.1 Å². The average molecular weight is 389 g/mol. The molecule has 8 heteroatoms. The van der Waals surface area contributed by atoms with Gasteiger partial charge in [-0.05, 0) is 35.7 Å². The molecular formula is C19H23N3O4S. The molecule has 0 saturated carbocycles. The first-order valence-corrected chi connectivity index (χ1v) is 10.3. The molecule has 0 spiro atoms. The van der Waals surface area contributed by atoms with E-state index in [0.717, 1.165) is 19.5 Å². The molecule has 2 aromatic carbocycles. The SMILES string of the molecule is NS(=O)(=O)c1cccc(C(=O)NC[C@H](O)CN2CCc3ccccc3C2)c1. The molecule has 0 radical (unpaired) electrons. The van der Waals surface area contributed by atoms with E-state index in [9.17, 15) is 18.3 Å². The van der Waals surface area contributed by atoms with Crippen LogP contribution in [0, 0.1) is 0 Å². The Morgan fingerprint density at radius 3 is 2.67 bits per heavy atom. The van der Waals surface area contributed by atoms with Gasteiger partial charge in [0.1, 0.15) is 0 Å². The van der Waals surface area contributed by atoms with E-state index in [4.69, 9.17) is 5.14 Å². The van der Waals surface area contributed by atoms with Gasteiger partial charge < -0.3 is 10.4 Å². The minimum atomic E-state index is -3.87. The fourth-order valence-electron chi connectivity index (χ4n) is 3.20. The number of fused-ring (bicyclic) bond motifs is 1. The van der Waals surface area contributed by atoms with Gasteiger partial charge in [0.2, 0.25) is 10.0 Å². The maximum atomic E-state index is 12.2. The molecule has 27 heavy (non-hydrogen) atoms. The third kappa shape index (κ3) is 5.14. The minimum absolute atomic E-state index is 0.0799. The molecule has 4 N–H and O–H groups in total. The zero-order chi connectivity index (χ0) is 19.4. The molecule has 144 valence electrons. The Bertz CT molecular complexity index is 930. The second-order valence-corrected chi connectivity index (χ2v) is 8.25. The summed E-state index contributed by atoms with van der Waals surface area (Å²) in [6, 6.07) is 13.8. The summed E-state index contributed by atoms with van der Waals surface area (Å²) in [6.45, 7) is 2.17. The normalized spacial score (nSPS) is 15.8. The Labute approximate surface area is 158 Å². The van der Waals surface area contributed by atoms with Gasteiger partial charge >= 0.3 is 0 Å². The summed E-state index contributed by atoms with van der Waals surface area (Å²) in [6.07, 6.45) is 0.218. The molecule has 1 amide bonds. The molecule has 0 saturated heterocycles. The number of aliphatic hydroxyl groups is 1. The lowest BCUT2D eigenvalue weighted by atomic mass is 10.00. The van der Waals surface area contributed by atoms with Gasteiger partial charge in [0, 0.05) is 31.7 Å². The number of sulfonamides is 1. The number of rotatable bonds is 6. The molecular weight excluding hydrogens is 366 g/mol. The van der Waals surface area contributed by atoms with Gasteiger partial charge in [-0.2, -0.15) is 0 Å². The van der Waals surface area contributed by atoms with Crippen LogP contribution in [0.25, 0.3) is 0 Å². The van der Waals surface area contributed by atoms with Crippen molar-refractivity contribution in [3.8, 4) is 0 Å². The van der Waals surface area contributed by atoms with Gasteiger partial charge in [-0.25, -0.2) is 13.6 Å². The quantitative estimate of drug-likeness (QED) is 0.665.